The molecule has 172 valence electrons. The van der Waals surface area contributed by atoms with Gasteiger partial charge in [0.15, 0.2) is 0 Å². The number of pyridine rings is 1. The topological polar surface area (TPSA) is 37.9 Å². The highest BCUT2D eigenvalue weighted by atomic mass is 28.4. The molecular formula is C30H32N2OSi. The third-order valence-electron chi connectivity index (χ3n) is 6.81. The molecule has 5 aromatic rings. The third kappa shape index (κ3) is 4.08. The van der Waals surface area contributed by atoms with E-state index in [-0.39, 0.29) is 5.04 Å². The van der Waals surface area contributed by atoms with E-state index in [4.69, 9.17) is 4.43 Å². The first kappa shape index (κ1) is 22.6. The zero-order chi connectivity index (χ0) is 23.6. The molecule has 2 heterocycles. The Morgan fingerprint density at radius 2 is 1.47 bits per heavy atom. The summed E-state index contributed by atoms with van der Waals surface area (Å²) < 4.78 is 7.05. The standard InChI is InChI=1S/C30H32N2OSi/c1-30(2,3)34(24-12-6-4-7-13-24,25-14-8-5-9-15-25)33-20-10-11-23-16-17-26-27-22-31-19-18-28(27)32-29(26)21-23/h4-9,12-19,21-22,32H,10-11,20H2,1-3H3. The van der Waals surface area contributed by atoms with Crippen molar-refractivity contribution in [3.8, 4) is 0 Å². The number of rotatable bonds is 7. The van der Waals surface area contributed by atoms with E-state index in [1.54, 1.807) is 0 Å². The monoisotopic (exact) mass is 464 g/mol. The van der Waals surface area contributed by atoms with Crippen molar-refractivity contribution in [2.45, 2.75) is 38.7 Å². The molecule has 0 saturated heterocycles. The van der Waals surface area contributed by atoms with Gasteiger partial charge in [0.1, 0.15) is 0 Å². The fraction of sp³-hybridized carbons (Fsp3) is 0.233. The van der Waals surface area contributed by atoms with Crippen molar-refractivity contribution in [1.82, 2.24) is 9.97 Å². The molecule has 0 fully saturated rings. The van der Waals surface area contributed by atoms with Gasteiger partial charge in [-0.15, -0.1) is 0 Å². The summed E-state index contributed by atoms with van der Waals surface area (Å²) in [5, 5.41) is 5.09. The number of aryl methyl sites for hydroxylation is 1. The lowest BCUT2D eigenvalue weighted by atomic mass is 10.1. The van der Waals surface area contributed by atoms with Crippen molar-refractivity contribution in [2.24, 2.45) is 0 Å². The van der Waals surface area contributed by atoms with Crippen LogP contribution < -0.4 is 10.4 Å². The molecule has 0 aliphatic carbocycles. The average Bonchev–Trinajstić information content (AvgIpc) is 3.22. The minimum Gasteiger partial charge on any atom is -0.407 e. The Morgan fingerprint density at radius 3 is 2.12 bits per heavy atom. The van der Waals surface area contributed by atoms with E-state index < -0.39 is 8.32 Å². The summed E-state index contributed by atoms with van der Waals surface area (Å²) in [6.45, 7) is 7.73. The Hall–Kier alpha value is -3.21. The summed E-state index contributed by atoms with van der Waals surface area (Å²) in [5.74, 6) is 0. The molecule has 2 aromatic heterocycles. The van der Waals surface area contributed by atoms with Crippen LogP contribution in [0.3, 0.4) is 0 Å². The van der Waals surface area contributed by atoms with Gasteiger partial charge < -0.3 is 9.41 Å². The SMILES string of the molecule is CC(C)(C)[Si](OCCCc1ccc2c(c1)[nH]c1ccncc12)(c1ccccc1)c1ccccc1. The number of aromatic nitrogens is 2. The van der Waals surface area contributed by atoms with Gasteiger partial charge in [0.25, 0.3) is 8.32 Å². The van der Waals surface area contributed by atoms with Crippen LogP contribution in [0, 0.1) is 0 Å². The van der Waals surface area contributed by atoms with Crippen LogP contribution in [0.25, 0.3) is 21.8 Å². The maximum atomic E-state index is 7.05. The number of nitrogens with one attached hydrogen (secondary N) is 1. The molecule has 3 aromatic carbocycles. The predicted molar refractivity (Wildman–Crippen MR) is 145 cm³/mol. The van der Waals surface area contributed by atoms with Crippen molar-refractivity contribution >= 4 is 40.5 Å². The normalized spacial score (nSPS) is 12.4. The second kappa shape index (κ2) is 9.20. The highest BCUT2D eigenvalue weighted by Gasteiger charge is 2.49. The van der Waals surface area contributed by atoms with Crippen molar-refractivity contribution in [3.05, 3.63) is 103 Å². The Kier molecular flexibility index (Phi) is 6.11. The van der Waals surface area contributed by atoms with Gasteiger partial charge in [-0.05, 0) is 45.9 Å². The van der Waals surface area contributed by atoms with Crippen LogP contribution in [0.2, 0.25) is 5.04 Å². The second-order valence-electron chi connectivity index (χ2n) is 10.0. The van der Waals surface area contributed by atoms with E-state index >= 15 is 0 Å². The van der Waals surface area contributed by atoms with Gasteiger partial charge in [-0.1, -0.05) is 93.6 Å². The molecule has 0 atom stereocenters. The summed E-state index contributed by atoms with van der Waals surface area (Å²) >= 11 is 0. The van der Waals surface area contributed by atoms with Gasteiger partial charge >= 0.3 is 0 Å². The van der Waals surface area contributed by atoms with Crippen LogP contribution in [0.15, 0.2) is 97.3 Å². The highest BCUT2D eigenvalue weighted by Crippen LogP contribution is 2.37. The van der Waals surface area contributed by atoms with Gasteiger partial charge in [-0.25, -0.2) is 0 Å². The Morgan fingerprint density at radius 1 is 0.794 bits per heavy atom. The zero-order valence-corrected chi connectivity index (χ0v) is 21.2. The lowest BCUT2D eigenvalue weighted by Gasteiger charge is -2.43. The van der Waals surface area contributed by atoms with E-state index in [0.29, 0.717) is 0 Å². The first-order valence-electron chi connectivity index (χ1n) is 12.1. The van der Waals surface area contributed by atoms with E-state index in [0.717, 1.165) is 25.0 Å². The minimum absolute atomic E-state index is 0.00695. The molecule has 0 radical (unpaired) electrons. The molecule has 0 saturated carbocycles. The van der Waals surface area contributed by atoms with Crippen LogP contribution in [0.1, 0.15) is 32.8 Å². The molecule has 0 unspecified atom stereocenters. The van der Waals surface area contributed by atoms with Crippen LogP contribution in [0.5, 0.6) is 0 Å². The van der Waals surface area contributed by atoms with Crippen LogP contribution in [0.4, 0.5) is 0 Å². The molecule has 5 rings (SSSR count). The number of benzene rings is 3. The molecule has 0 spiro atoms. The van der Waals surface area contributed by atoms with Crippen LogP contribution >= 0.6 is 0 Å². The van der Waals surface area contributed by atoms with Crippen molar-refractivity contribution in [3.63, 3.8) is 0 Å². The molecule has 0 amide bonds. The van der Waals surface area contributed by atoms with Crippen molar-refractivity contribution in [2.75, 3.05) is 6.61 Å². The Balaban J connectivity index is 1.38. The molecule has 4 heteroatoms. The van der Waals surface area contributed by atoms with Gasteiger partial charge in [-0.3, -0.25) is 4.98 Å². The maximum Gasteiger partial charge on any atom is 0.261 e. The van der Waals surface area contributed by atoms with E-state index in [2.05, 4.69) is 110 Å². The van der Waals surface area contributed by atoms with Crippen molar-refractivity contribution in [1.29, 1.82) is 0 Å². The van der Waals surface area contributed by atoms with E-state index in [1.807, 2.05) is 18.5 Å². The number of H-pyrrole nitrogens is 1. The van der Waals surface area contributed by atoms with Gasteiger partial charge in [-0.2, -0.15) is 0 Å². The zero-order valence-electron chi connectivity index (χ0n) is 20.2. The summed E-state index contributed by atoms with van der Waals surface area (Å²) in [4.78, 5) is 7.81. The summed E-state index contributed by atoms with van der Waals surface area (Å²) in [5.41, 5.74) is 3.64. The number of aromatic amines is 1. The predicted octanol–water partition coefficient (Wildman–Crippen LogP) is 6.23. The number of fused-ring (bicyclic) bond motifs is 3. The van der Waals surface area contributed by atoms with E-state index in [1.165, 1.54) is 32.2 Å². The molecule has 0 bridgehead atoms. The molecule has 34 heavy (non-hydrogen) atoms. The first-order valence-corrected chi connectivity index (χ1v) is 14.0. The van der Waals surface area contributed by atoms with Crippen LogP contribution in [-0.2, 0) is 10.8 Å². The van der Waals surface area contributed by atoms with Gasteiger partial charge in [0, 0.05) is 40.8 Å². The fourth-order valence-corrected chi connectivity index (χ4v) is 9.82. The Bertz CT molecular complexity index is 1350. The van der Waals surface area contributed by atoms with Crippen molar-refractivity contribution < 1.29 is 4.43 Å². The average molecular weight is 465 g/mol. The summed E-state index contributed by atoms with van der Waals surface area (Å²) in [6, 6.07) is 30.5. The quantitative estimate of drug-likeness (QED) is 0.229. The first-order chi connectivity index (χ1) is 16.5. The van der Waals surface area contributed by atoms with E-state index in [9.17, 15) is 0 Å². The minimum atomic E-state index is -2.47. The number of hydrogen-bond donors (Lipinski definition) is 1. The lowest BCUT2D eigenvalue weighted by molar-refractivity contribution is 0.292. The second-order valence-corrected chi connectivity index (χ2v) is 14.3. The van der Waals surface area contributed by atoms with Gasteiger partial charge in [0.2, 0.25) is 0 Å². The third-order valence-corrected chi connectivity index (χ3v) is 11.9. The Labute approximate surface area is 203 Å². The molecule has 3 nitrogen and oxygen atoms in total. The highest BCUT2D eigenvalue weighted by molar-refractivity contribution is 6.99. The molecule has 0 aliphatic rings. The molecular weight excluding hydrogens is 432 g/mol. The van der Waals surface area contributed by atoms with Gasteiger partial charge in [0.05, 0.1) is 0 Å². The maximum absolute atomic E-state index is 7.05. The summed E-state index contributed by atoms with van der Waals surface area (Å²) in [6.07, 6.45) is 5.74. The largest absolute Gasteiger partial charge is 0.407 e. The lowest BCUT2D eigenvalue weighted by Crippen LogP contribution is -2.66. The molecule has 0 aliphatic heterocycles. The fourth-order valence-electron chi connectivity index (χ4n) is 5.21. The number of nitrogens with zero attached hydrogens (tertiary/aromatic N) is 1. The smallest absolute Gasteiger partial charge is 0.261 e. The summed E-state index contributed by atoms with van der Waals surface area (Å²) in [7, 11) is -2.47. The van der Waals surface area contributed by atoms with Crippen LogP contribution in [-0.4, -0.2) is 24.9 Å². The molecule has 1 N–H and O–H groups in total. The number of hydrogen-bond acceptors (Lipinski definition) is 2.